The highest BCUT2D eigenvalue weighted by molar-refractivity contribution is 6.31. The number of rotatable bonds is 6. The first-order valence-corrected chi connectivity index (χ1v) is 6.67. The highest BCUT2D eigenvalue weighted by atomic mass is 35.5. The first kappa shape index (κ1) is 14.2. The molecule has 1 rings (SSSR count). The lowest BCUT2D eigenvalue weighted by atomic mass is 9.94. The molecule has 0 aliphatic carbocycles. The van der Waals surface area contributed by atoms with Crippen molar-refractivity contribution >= 4 is 17.4 Å². The normalized spacial score (nSPS) is 12.5. The minimum Gasteiger partial charge on any atom is -0.300 e. The fourth-order valence-electron chi connectivity index (χ4n) is 2.08. The van der Waals surface area contributed by atoms with Gasteiger partial charge in [-0.25, -0.2) is 0 Å². The number of aryl methyl sites for hydroxylation is 1. The summed E-state index contributed by atoms with van der Waals surface area (Å²) in [6.07, 6.45) is 3.30. The zero-order chi connectivity index (χ0) is 12.8. The maximum atomic E-state index is 11.5. The Morgan fingerprint density at radius 1 is 1.41 bits per heavy atom. The van der Waals surface area contributed by atoms with E-state index in [-0.39, 0.29) is 0 Å². The van der Waals surface area contributed by atoms with Crippen LogP contribution >= 0.6 is 11.6 Å². The molecule has 0 aliphatic rings. The molecule has 0 saturated carbocycles. The van der Waals surface area contributed by atoms with Gasteiger partial charge in [0, 0.05) is 17.9 Å². The largest absolute Gasteiger partial charge is 0.300 e. The monoisotopic (exact) mass is 252 g/mol. The van der Waals surface area contributed by atoms with Crippen LogP contribution < -0.4 is 0 Å². The van der Waals surface area contributed by atoms with Gasteiger partial charge in [0.05, 0.1) is 0 Å². The van der Waals surface area contributed by atoms with Crippen LogP contribution in [0.5, 0.6) is 0 Å². The van der Waals surface area contributed by atoms with E-state index in [0.717, 1.165) is 23.4 Å². The summed E-state index contributed by atoms with van der Waals surface area (Å²) in [5.41, 5.74) is 2.37. The van der Waals surface area contributed by atoms with Gasteiger partial charge in [0.2, 0.25) is 0 Å². The van der Waals surface area contributed by atoms with Gasteiger partial charge < -0.3 is 0 Å². The molecule has 0 amide bonds. The Labute approximate surface area is 109 Å². The number of halogens is 1. The first-order valence-electron chi connectivity index (χ1n) is 6.29. The van der Waals surface area contributed by atoms with E-state index in [0.29, 0.717) is 24.5 Å². The third-order valence-corrected chi connectivity index (χ3v) is 3.34. The Balaban J connectivity index is 2.53. The molecule has 1 nitrogen and oxygen atoms in total. The topological polar surface area (TPSA) is 17.1 Å². The fraction of sp³-hybridized carbons (Fsp3) is 0.533. The van der Waals surface area contributed by atoms with Crippen molar-refractivity contribution in [3.8, 4) is 0 Å². The number of ketones is 1. The molecule has 1 aromatic rings. The molecule has 0 aromatic heterocycles. The van der Waals surface area contributed by atoms with Gasteiger partial charge in [0.1, 0.15) is 5.78 Å². The average Bonchev–Trinajstić information content (AvgIpc) is 2.23. The van der Waals surface area contributed by atoms with Gasteiger partial charge in [0.15, 0.2) is 0 Å². The zero-order valence-corrected chi connectivity index (χ0v) is 11.7. The van der Waals surface area contributed by atoms with Crippen LogP contribution in [0.15, 0.2) is 18.2 Å². The van der Waals surface area contributed by atoms with Crippen LogP contribution in [-0.2, 0) is 11.2 Å². The Morgan fingerprint density at radius 2 is 2.12 bits per heavy atom. The summed E-state index contributed by atoms with van der Waals surface area (Å²) in [7, 11) is 0. The van der Waals surface area contributed by atoms with Gasteiger partial charge in [-0.05, 0) is 42.9 Å². The molecule has 94 valence electrons. The summed E-state index contributed by atoms with van der Waals surface area (Å²) in [6, 6.07) is 6.10. The molecule has 0 bridgehead atoms. The second kappa shape index (κ2) is 6.80. The van der Waals surface area contributed by atoms with E-state index in [9.17, 15) is 4.79 Å². The number of carbonyl (C=O) groups is 1. The lowest BCUT2D eigenvalue weighted by Crippen LogP contribution is -2.07. The van der Waals surface area contributed by atoms with E-state index in [1.165, 1.54) is 5.56 Å². The minimum absolute atomic E-state index is 0.380. The maximum absolute atomic E-state index is 11.5. The van der Waals surface area contributed by atoms with E-state index >= 15 is 0 Å². The van der Waals surface area contributed by atoms with Crippen LogP contribution in [0.3, 0.4) is 0 Å². The molecular formula is C15H21ClO. The predicted octanol–water partition coefficient (Wildman–Crippen LogP) is 4.59. The standard InChI is InChI=1S/C15H21ClO/c1-4-5-14(17)9-11(2)8-13-6-7-15(16)12(3)10-13/h6-7,10-11H,4-5,8-9H2,1-3H3. The van der Waals surface area contributed by atoms with E-state index in [1.807, 2.05) is 19.9 Å². The maximum Gasteiger partial charge on any atom is 0.133 e. The Kier molecular flexibility index (Phi) is 5.70. The van der Waals surface area contributed by atoms with Crippen molar-refractivity contribution in [1.29, 1.82) is 0 Å². The van der Waals surface area contributed by atoms with Crippen LogP contribution in [0.1, 0.15) is 44.2 Å². The average molecular weight is 253 g/mol. The molecule has 17 heavy (non-hydrogen) atoms. The van der Waals surface area contributed by atoms with Crippen molar-refractivity contribution in [3.63, 3.8) is 0 Å². The van der Waals surface area contributed by atoms with Crippen LogP contribution in [0, 0.1) is 12.8 Å². The number of carbonyl (C=O) groups excluding carboxylic acids is 1. The van der Waals surface area contributed by atoms with Crippen LogP contribution in [0.2, 0.25) is 5.02 Å². The molecule has 1 aromatic carbocycles. The lowest BCUT2D eigenvalue weighted by molar-refractivity contribution is -0.119. The van der Waals surface area contributed by atoms with Crippen molar-refractivity contribution < 1.29 is 4.79 Å². The molecule has 1 atom stereocenters. The van der Waals surface area contributed by atoms with Crippen molar-refractivity contribution in [1.82, 2.24) is 0 Å². The highest BCUT2D eigenvalue weighted by Gasteiger charge is 2.09. The summed E-state index contributed by atoms with van der Waals surface area (Å²) in [5, 5.41) is 0.809. The summed E-state index contributed by atoms with van der Waals surface area (Å²) in [5.74, 6) is 0.792. The zero-order valence-electron chi connectivity index (χ0n) is 10.9. The van der Waals surface area contributed by atoms with Gasteiger partial charge in [-0.15, -0.1) is 0 Å². The second-order valence-corrected chi connectivity index (χ2v) is 5.29. The number of hydrogen-bond donors (Lipinski definition) is 0. The minimum atomic E-state index is 0.380. The molecule has 0 aliphatic heterocycles. The third-order valence-electron chi connectivity index (χ3n) is 2.91. The summed E-state index contributed by atoms with van der Waals surface area (Å²) in [6.45, 7) is 6.20. The van der Waals surface area contributed by atoms with Crippen molar-refractivity contribution in [2.45, 2.75) is 46.5 Å². The van der Waals surface area contributed by atoms with Crippen LogP contribution in [-0.4, -0.2) is 5.78 Å². The smallest absolute Gasteiger partial charge is 0.133 e. The quantitative estimate of drug-likeness (QED) is 0.724. The summed E-state index contributed by atoms with van der Waals surface area (Å²) < 4.78 is 0. The first-order chi connectivity index (χ1) is 8.02. The Morgan fingerprint density at radius 3 is 2.71 bits per heavy atom. The van der Waals surface area contributed by atoms with Gasteiger partial charge >= 0.3 is 0 Å². The fourth-order valence-corrected chi connectivity index (χ4v) is 2.20. The molecule has 0 saturated heterocycles. The summed E-state index contributed by atoms with van der Waals surface area (Å²) in [4.78, 5) is 11.5. The van der Waals surface area contributed by atoms with Crippen molar-refractivity contribution in [2.24, 2.45) is 5.92 Å². The van der Waals surface area contributed by atoms with Gasteiger partial charge in [-0.2, -0.15) is 0 Å². The Bertz CT molecular complexity index is 385. The van der Waals surface area contributed by atoms with Gasteiger partial charge in [-0.1, -0.05) is 37.6 Å². The molecule has 2 heteroatoms. The van der Waals surface area contributed by atoms with E-state index in [2.05, 4.69) is 19.1 Å². The second-order valence-electron chi connectivity index (χ2n) is 4.89. The number of benzene rings is 1. The molecule has 0 spiro atoms. The number of hydrogen-bond acceptors (Lipinski definition) is 1. The summed E-state index contributed by atoms with van der Waals surface area (Å²) >= 11 is 5.99. The Hall–Kier alpha value is -0.820. The van der Waals surface area contributed by atoms with Crippen LogP contribution in [0.4, 0.5) is 0 Å². The third kappa shape index (κ3) is 4.91. The number of Topliss-reactive ketones (excluding diaryl/α,β-unsaturated/α-hetero) is 1. The molecule has 1 unspecified atom stereocenters. The van der Waals surface area contributed by atoms with Crippen molar-refractivity contribution in [2.75, 3.05) is 0 Å². The van der Waals surface area contributed by atoms with Gasteiger partial charge in [0.25, 0.3) is 0 Å². The molecule has 0 heterocycles. The van der Waals surface area contributed by atoms with E-state index in [1.54, 1.807) is 0 Å². The molecule has 0 radical (unpaired) electrons. The highest BCUT2D eigenvalue weighted by Crippen LogP contribution is 2.19. The molecule has 0 N–H and O–H groups in total. The van der Waals surface area contributed by atoms with Crippen LogP contribution in [0.25, 0.3) is 0 Å². The van der Waals surface area contributed by atoms with Crippen molar-refractivity contribution in [3.05, 3.63) is 34.3 Å². The van der Waals surface area contributed by atoms with E-state index < -0.39 is 0 Å². The lowest BCUT2D eigenvalue weighted by Gasteiger charge is -2.11. The predicted molar refractivity (Wildman–Crippen MR) is 73.6 cm³/mol. The van der Waals surface area contributed by atoms with E-state index in [4.69, 9.17) is 11.6 Å². The molecule has 0 fully saturated rings. The van der Waals surface area contributed by atoms with Gasteiger partial charge in [-0.3, -0.25) is 4.79 Å². The molecular weight excluding hydrogens is 232 g/mol. The SMILES string of the molecule is CCCC(=O)CC(C)Cc1ccc(Cl)c(C)c1.